The van der Waals surface area contributed by atoms with Crippen LogP contribution in [0.4, 0.5) is 0 Å². The lowest BCUT2D eigenvalue weighted by Gasteiger charge is -2.21. The van der Waals surface area contributed by atoms with Crippen LogP contribution in [0.3, 0.4) is 0 Å². The SMILES string of the molecule is [2H]c1c([2H])c([2H])c(-c2cc(Cc3ccc4ccc5cccc6ccc3c4c56)cc(Cc3ccc4ccc5cccc6ccc3c4c56)c2-c2c([2H])c([2H])c3c([2H])c([2H])c([2H])c([2H])c3c2[2H])c([2H])c1[2H]. The van der Waals surface area contributed by atoms with Gasteiger partial charge in [0, 0.05) is 0 Å². The third-order valence-electron chi connectivity index (χ3n) is 11.6. The molecular weight excluding hydrogens is 673 g/mol. The molecule has 0 aliphatic rings. The molecule has 0 amide bonds. The van der Waals surface area contributed by atoms with Gasteiger partial charge in [-0.05, 0) is 139 Å². The molecule has 0 saturated heterocycles. The van der Waals surface area contributed by atoms with E-state index < -0.39 is 72.5 Å². The van der Waals surface area contributed by atoms with Gasteiger partial charge in [0.15, 0.2) is 0 Å². The van der Waals surface area contributed by atoms with Crippen LogP contribution in [-0.2, 0) is 12.8 Å². The second-order valence-electron chi connectivity index (χ2n) is 14.7. The summed E-state index contributed by atoms with van der Waals surface area (Å²) in [6.07, 6.45) is 0.528. The predicted octanol–water partition coefficient (Wildman–Crippen LogP) is 15.2. The van der Waals surface area contributed by atoms with Crippen LogP contribution in [0.15, 0.2) is 194 Å². The van der Waals surface area contributed by atoms with Crippen molar-refractivity contribution in [3.8, 4) is 22.3 Å². The van der Waals surface area contributed by atoms with E-state index in [1.165, 1.54) is 0 Å². The molecule has 0 spiro atoms. The second-order valence-corrected chi connectivity index (χ2v) is 14.7. The molecular formula is C56H36. The van der Waals surface area contributed by atoms with Gasteiger partial charge < -0.3 is 0 Å². The van der Waals surface area contributed by atoms with E-state index in [0.29, 0.717) is 12.0 Å². The number of rotatable bonds is 6. The van der Waals surface area contributed by atoms with Crippen LogP contribution < -0.4 is 0 Å². The molecule has 260 valence electrons. The van der Waals surface area contributed by atoms with Gasteiger partial charge >= 0.3 is 0 Å². The number of hydrogen-bond donors (Lipinski definition) is 0. The van der Waals surface area contributed by atoms with Crippen LogP contribution in [0.2, 0.25) is 0 Å². The van der Waals surface area contributed by atoms with E-state index in [1.807, 2.05) is 24.3 Å². The summed E-state index contributed by atoms with van der Waals surface area (Å²) < 4.78 is 109. The zero-order valence-corrected chi connectivity index (χ0v) is 30.0. The predicted molar refractivity (Wildman–Crippen MR) is 241 cm³/mol. The summed E-state index contributed by atoms with van der Waals surface area (Å²) in [4.78, 5) is 0. The highest BCUT2D eigenvalue weighted by molar-refractivity contribution is 6.24. The minimum atomic E-state index is -0.595. The molecule has 56 heavy (non-hydrogen) atoms. The van der Waals surface area contributed by atoms with Gasteiger partial charge in [-0.2, -0.15) is 0 Å². The summed E-state index contributed by atoms with van der Waals surface area (Å²) in [7, 11) is 0. The normalized spacial score (nSPS) is 15.1. The van der Waals surface area contributed by atoms with Crippen molar-refractivity contribution in [1.82, 2.24) is 0 Å². The molecule has 0 aliphatic heterocycles. The van der Waals surface area contributed by atoms with Crippen molar-refractivity contribution >= 4 is 75.4 Å². The van der Waals surface area contributed by atoms with Gasteiger partial charge in [-0.25, -0.2) is 0 Å². The van der Waals surface area contributed by atoms with Crippen molar-refractivity contribution in [3.05, 3.63) is 216 Å². The summed E-state index contributed by atoms with van der Waals surface area (Å²) in [5.41, 5.74) is 3.16. The quantitative estimate of drug-likeness (QED) is 0.150. The molecule has 0 aliphatic carbocycles. The molecule has 0 fully saturated rings. The van der Waals surface area contributed by atoms with Gasteiger partial charge in [0.25, 0.3) is 0 Å². The maximum Gasteiger partial charge on any atom is 0.0636 e. The Bertz CT molecular complexity index is 4120. The standard InChI is InChI=1S/C56H36/c1-2-9-37(10-3-1)51-32-35(30-45-23-21-42-19-17-38-12-6-14-40-26-28-49(45)55(42)53(38)40)31-48(52(51)47-25-16-36-8-4-5-11-44(36)33-47)34-46-24-22-43-20-18-39-13-7-15-41-27-29-50(46)56(43)54(39)41/h1-29,31-33H,30,34H2/i1D,2D,3D,4D,5D,8D,9D,10D,11D,16D,25D,33D. The average molecular weight is 721 g/mol. The van der Waals surface area contributed by atoms with Crippen LogP contribution >= 0.6 is 0 Å². The maximum absolute atomic E-state index is 9.83. The van der Waals surface area contributed by atoms with E-state index >= 15 is 0 Å². The molecule has 0 heteroatoms. The molecule has 0 saturated carbocycles. The Morgan fingerprint density at radius 1 is 0.357 bits per heavy atom. The third-order valence-corrected chi connectivity index (χ3v) is 11.6. The third kappa shape index (κ3) is 4.86. The smallest absolute Gasteiger partial charge is 0.0622 e. The lowest BCUT2D eigenvalue weighted by Crippen LogP contribution is -2.01. The molecule has 0 nitrogen and oxygen atoms in total. The van der Waals surface area contributed by atoms with Gasteiger partial charge in [-0.1, -0.05) is 188 Å². The van der Waals surface area contributed by atoms with E-state index in [2.05, 4.69) is 91.0 Å². The van der Waals surface area contributed by atoms with Gasteiger partial charge in [-0.15, -0.1) is 0 Å². The monoisotopic (exact) mass is 720 g/mol. The first kappa shape index (κ1) is 21.8. The van der Waals surface area contributed by atoms with Crippen LogP contribution in [-0.4, -0.2) is 0 Å². The summed E-state index contributed by atoms with van der Waals surface area (Å²) in [6.45, 7) is 0. The summed E-state index contributed by atoms with van der Waals surface area (Å²) in [6, 6.07) is 35.0. The zero-order valence-electron chi connectivity index (χ0n) is 42.0. The van der Waals surface area contributed by atoms with Crippen molar-refractivity contribution in [2.45, 2.75) is 12.8 Å². The van der Waals surface area contributed by atoms with E-state index in [1.54, 1.807) is 6.07 Å². The molecule has 0 unspecified atom stereocenters. The molecule has 12 rings (SSSR count). The van der Waals surface area contributed by atoms with Gasteiger partial charge in [0.05, 0.1) is 16.4 Å². The Morgan fingerprint density at radius 2 is 0.875 bits per heavy atom. The highest BCUT2D eigenvalue weighted by Crippen LogP contribution is 2.43. The fourth-order valence-electron chi connectivity index (χ4n) is 9.12. The molecule has 12 aromatic rings. The maximum atomic E-state index is 9.83. The first-order valence-corrected chi connectivity index (χ1v) is 18.8. The first-order chi connectivity index (χ1) is 32.7. The number of fused-ring (bicyclic) bond motifs is 1. The van der Waals surface area contributed by atoms with Crippen molar-refractivity contribution in [1.29, 1.82) is 0 Å². The van der Waals surface area contributed by atoms with Crippen molar-refractivity contribution in [3.63, 3.8) is 0 Å². The highest BCUT2D eigenvalue weighted by atomic mass is 14.2. The first-order valence-electron chi connectivity index (χ1n) is 24.8. The van der Waals surface area contributed by atoms with Crippen molar-refractivity contribution < 1.29 is 16.4 Å². The van der Waals surface area contributed by atoms with Gasteiger partial charge in [-0.3, -0.25) is 0 Å². The summed E-state index contributed by atoms with van der Waals surface area (Å²) in [5.74, 6) is 0. The topological polar surface area (TPSA) is 0 Å². The van der Waals surface area contributed by atoms with E-state index in [0.717, 1.165) is 81.3 Å². The van der Waals surface area contributed by atoms with Gasteiger partial charge in [0.1, 0.15) is 0 Å². The summed E-state index contributed by atoms with van der Waals surface area (Å²) >= 11 is 0. The van der Waals surface area contributed by atoms with Crippen LogP contribution in [0, 0.1) is 0 Å². The molecule has 0 radical (unpaired) electrons. The van der Waals surface area contributed by atoms with E-state index in [4.69, 9.17) is 9.60 Å². The minimum absolute atomic E-state index is 0.142. The highest BCUT2D eigenvalue weighted by Gasteiger charge is 2.19. The van der Waals surface area contributed by atoms with Crippen molar-refractivity contribution in [2.75, 3.05) is 0 Å². The summed E-state index contributed by atoms with van der Waals surface area (Å²) in [5, 5.41) is 12.5. The zero-order chi connectivity index (χ0) is 47.2. The largest absolute Gasteiger partial charge is 0.0636 e. The lowest BCUT2D eigenvalue weighted by atomic mass is 9.83. The Labute approximate surface area is 342 Å². The van der Waals surface area contributed by atoms with Gasteiger partial charge in [0.2, 0.25) is 0 Å². The molecule has 0 atom stereocenters. The number of hydrogen-bond acceptors (Lipinski definition) is 0. The lowest BCUT2D eigenvalue weighted by molar-refractivity contribution is 1.16. The van der Waals surface area contributed by atoms with Crippen LogP contribution in [0.1, 0.15) is 38.7 Å². The van der Waals surface area contributed by atoms with Crippen LogP contribution in [0.5, 0.6) is 0 Å². The fraction of sp³-hybridized carbons (Fsp3) is 0.0357. The Kier molecular flexibility index (Phi) is 4.76. The molecule has 0 N–H and O–H groups in total. The second kappa shape index (κ2) is 12.2. The van der Waals surface area contributed by atoms with Crippen molar-refractivity contribution in [2.24, 2.45) is 0 Å². The Hall–Kier alpha value is -7.02. The number of benzene rings is 12. The molecule has 12 aromatic carbocycles. The molecule has 0 heterocycles. The fourth-order valence-corrected chi connectivity index (χ4v) is 9.12. The molecule has 0 bridgehead atoms. The minimum Gasteiger partial charge on any atom is -0.0622 e. The van der Waals surface area contributed by atoms with Crippen LogP contribution in [0.25, 0.3) is 97.7 Å². The average Bonchev–Trinajstić information content (AvgIpc) is 3.35. The Balaban J connectivity index is 1.21. The Morgan fingerprint density at radius 3 is 1.50 bits per heavy atom. The van der Waals surface area contributed by atoms with E-state index in [-0.39, 0.29) is 39.4 Å². The van der Waals surface area contributed by atoms with E-state index in [9.17, 15) is 6.85 Å². The molecule has 0 aromatic heterocycles.